The predicted molar refractivity (Wildman–Crippen MR) is 192 cm³/mol. The summed E-state index contributed by atoms with van der Waals surface area (Å²) in [6, 6.07) is 21.7. The molecule has 0 saturated heterocycles. The molecule has 0 aliphatic rings. The molecule has 0 aromatic heterocycles. The normalized spacial score (nSPS) is 12.9. The minimum atomic E-state index is -4.55. The number of carbonyl (C=O) groups is 2. The van der Waals surface area contributed by atoms with E-state index in [1.165, 1.54) is 12.1 Å². The molecule has 13 heteroatoms. The van der Waals surface area contributed by atoms with Crippen LogP contribution in [-0.2, 0) is 27.5 Å². The van der Waals surface area contributed by atoms with Gasteiger partial charge in [0.05, 0.1) is 22.3 Å². The van der Waals surface area contributed by atoms with Crippen molar-refractivity contribution in [1.29, 1.82) is 0 Å². The van der Waals surface area contributed by atoms with Crippen molar-refractivity contribution >= 4 is 56.9 Å². The summed E-state index contributed by atoms with van der Waals surface area (Å²) < 4.78 is 70.2. The van der Waals surface area contributed by atoms with Crippen molar-refractivity contribution in [3.63, 3.8) is 0 Å². The van der Waals surface area contributed by atoms with Crippen LogP contribution < -0.4 is 10.6 Å². The Labute approximate surface area is 299 Å². The number of hydrogen-bond donors (Lipinski definition) is 3. The number of carbonyl (C=O) groups excluding carboxylic acids is 2. The lowest BCUT2D eigenvalue weighted by molar-refractivity contribution is -0.137. The Balaban J connectivity index is 1.57. The molecule has 264 valence electrons. The fourth-order valence-electron chi connectivity index (χ4n) is 4.92. The third-order valence-corrected chi connectivity index (χ3v) is 8.90. The van der Waals surface area contributed by atoms with Crippen LogP contribution in [0.1, 0.15) is 59.3 Å². The number of anilines is 1. The van der Waals surface area contributed by atoms with Gasteiger partial charge in [0.1, 0.15) is 0 Å². The van der Waals surface area contributed by atoms with E-state index in [0.29, 0.717) is 16.8 Å². The van der Waals surface area contributed by atoms with Gasteiger partial charge in [-0.2, -0.15) is 21.6 Å². The van der Waals surface area contributed by atoms with E-state index in [2.05, 4.69) is 37.5 Å². The van der Waals surface area contributed by atoms with Crippen LogP contribution in [0.3, 0.4) is 0 Å². The minimum absolute atomic E-state index is 0.0185. The van der Waals surface area contributed by atoms with E-state index in [0.717, 1.165) is 28.8 Å². The molecule has 0 heterocycles. The topological polar surface area (TPSA) is 113 Å². The molecule has 0 fully saturated rings. The predicted octanol–water partition coefficient (Wildman–Crippen LogP) is 9.32. The van der Waals surface area contributed by atoms with E-state index < -0.39 is 39.4 Å². The van der Waals surface area contributed by atoms with Gasteiger partial charge in [0, 0.05) is 33.9 Å². The maximum Gasteiger partial charge on any atom is 0.416 e. The van der Waals surface area contributed by atoms with Gasteiger partial charge < -0.3 is 10.6 Å². The highest BCUT2D eigenvalue weighted by atomic mass is 35.5. The molecule has 0 radical (unpaired) electrons. The number of alkyl halides is 3. The van der Waals surface area contributed by atoms with E-state index in [9.17, 15) is 31.2 Å². The Bertz CT molecular complexity index is 1990. The molecule has 4 aromatic rings. The minimum Gasteiger partial charge on any atom is -0.351 e. The Morgan fingerprint density at radius 2 is 1.46 bits per heavy atom. The smallest absolute Gasteiger partial charge is 0.351 e. The molecule has 2 amide bonds. The number of halogens is 5. The molecular formula is C37H35Cl2F3N2O5S. The van der Waals surface area contributed by atoms with Crippen LogP contribution in [0.2, 0.25) is 10.0 Å². The van der Waals surface area contributed by atoms with Gasteiger partial charge in [-0.15, -0.1) is 0 Å². The number of benzene rings is 4. The summed E-state index contributed by atoms with van der Waals surface area (Å²) in [5, 5.41) is 5.37. The fourth-order valence-corrected chi connectivity index (χ4v) is 5.85. The monoisotopic (exact) mass is 746 g/mol. The number of nitrogens with one attached hydrogen (secondary N) is 2. The summed E-state index contributed by atoms with van der Waals surface area (Å²) in [6.07, 6.45) is -0.214. The van der Waals surface area contributed by atoms with Crippen LogP contribution in [0.5, 0.6) is 0 Å². The van der Waals surface area contributed by atoms with Crippen molar-refractivity contribution in [2.75, 3.05) is 17.6 Å². The number of amides is 2. The van der Waals surface area contributed by atoms with Gasteiger partial charge in [-0.3, -0.25) is 14.1 Å². The van der Waals surface area contributed by atoms with Gasteiger partial charge in [-0.1, -0.05) is 105 Å². The van der Waals surface area contributed by atoms with Crippen molar-refractivity contribution in [3.05, 3.63) is 129 Å². The lowest BCUT2D eigenvalue weighted by Crippen LogP contribution is -2.28. The van der Waals surface area contributed by atoms with Crippen molar-refractivity contribution in [2.45, 2.75) is 39.3 Å². The lowest BCUT2D eigenvalue weighted by atomic mass is 9.89. The largest absolute Gasteiger partial charge is 0.416 e. The molecule has 4 rings (SSSR count). The van der Waals surface area contributed by atoms with Crippen LogP contribution in [0, 0.1) is 5.41 Å². The maximum atomic E-state index is 13.9. The molecule has 7 nitrogen and oxygen atoms in total. The summed E-state index contributed by atoms with van der Waals surface area (Å²) in [6.45, 7) is 6.00. The van der Waals surface area contributed by atoms with Gasteiger partial charge in [0.2, 0.25) is 5.91 Å². The first-order chi connectivity index (χ1) is 23.3. The molecule has 50 heavy (non-hydrogen) atoms. The van der Waals surface area contributed by atoms with Gasteiger partial charge in [-0.05, 0) is 64.9 Å². The molecular weight excluding hydrogens is 712 g/mol. The second-order valence-electron chi connectivity index (χ2n) is 12.7. The first kappa shape index (κ1) is 38.6. The van der Waals surface area contributed by atoms with E-state index in [4.69, 9.17) is 27.8 Å². The quantitative estimate of drug-likeness (QED) is 0.133. The molecule has 1 unspecified atom stereocenters. The Hall–Kier alpha value is -4.16. The highest BCUT2D eigenvalue weighted by molar-refractivity contribution is 7.85. The number of allylic oxidation sites excluding steroid dienone is 1. The van der Waals surface area contributed by atoms with E-state index in [-0.39, 0.29) is 39.9 Å². The van der Waals surface area contributed by atoms with Crippen molar-refractivity contribution < 1.29 is 35.7 Å². The Morgan fingerprint density at radius 3 is 2.00 bits per heavy atom. The van der Waals surface area contributed by atoms with Crippen molar-refractivity contribution in [2.24, 2.45) is 5.41 Å². The average molecular weight is 748 g/mol. The van der Waals surface area contributed by atoms with E-state index in [1.54, 1.807) is 36.4 Å². The second kappa shape index (κ2) is 15.8. The van der Waals surface area contributed by atoms with Crippen LogP contribution in [0.25, 0.3) is 17.2 Å². The van der Waals surface area contributed by atoms with Crippen LogP contribution in [0.15, 0.2) is 91.0 Å². The van der Waals surface area contributed by atoms with Gasteiger partial charge >= 0.3 is 6.18 Å². The molecule has 0 aliphatic heterocycles. The first-order valence-corrected chi connectivity index (χ1v) is 17.7. The second-order valence-corrected chi connectivity index (χ2v) is 15.1. The first-order valence-electron chi connectivity index (χ1n) is 15.4. The standard InChI is InChI=1S/C37H35Cl2F3N2O5S/c1-36(2,3)17-16-23-4-8-25(9-5-23)31(20-24-6-10-26(11-7-24)34(45)43-18-19-50(47,48)49)35(46)44-28-13-15-30(33(39)22-28)29-14-12-27(21-32(29)38)37(40,41)42/h4-17,21-22,31H,18-20H2,1-3H3,(H,43,45)(H,44,46)(H,47,48,49)/b17-16+. The van der Waals surface area contributed by atoms with Crippen LogP contribution in [0.4, 0.5) is 18.9 Å². The third-order valence-electron chi connectivity index (χ3n) is 7.56. The summed E-state index contributed by atoms with van der Waals surface area (Å²) in [5.41, 5.74) is 2.83. The molecule has 0 bridgehead atoms. The van der Waals surface area contributed by atoms with E-state index >= 15 is 0 Å². The maximum absolute atomic E-state index is 13.9. The van der Waals surface area contributed by atoms with Gasteiger partial charge in [0.25, 0.3) is 16.0 Å². The van der Waals surface area contributed by atoms with Crippen molar-refractivity contribution in [1.82, 2.24) is 5.32 Å². The molecule has 4 aromatic carbocycles. The summed E-state index contributed by atoms with van der Waals surface area (Å²) in [5.74, 6) is -2.18. The number of hydrogen-bond acceptors (Lipinski definition) is 4. The summed E-state index contributed by atoms with van der Waals surface area (Å²) in [4.78, 5) is 26.3. The molecule has 1 atom stereocenters. The van der Waals surface area contributed by atoms with Crippen molar-refractivity contribution in [3.8, 4) is 11.1 Å². The Kier molecular flexibility index (Phi) is 12.2. The Morgan fingerprint density at radius 1 is 0.860 bits per heavy atom. The van der Waals surface area contributed by atoms with Gasteiger partial charge in [-0.25, -0.2) is 0 Å². The zero-order chi connectivity index (χ0) is 36.9. The molecule has 0 aliphatic carbocycles. The summed E-state index contributed by atoms with van der Waals surface area (Å²) >= 11 is 12.7. The van der Waals surface area contributed by atoms with Crippen LogP contribution in [-0.4, -0.2) is 37.1 Å². The van der Waals surface area contributed by atoms with Crippen LogP contribution >= 0.6 is 23.2 Å². The fraction of sp³-hybridized carbons (Fsp3) is 0.243. The lowest BCUT2D eigenvalue weighted by Gasteiger charge is -2.19. The van der Waals surface area contributed by atoms with Gasteiger partial charge in [0.15, 0.2) is 0 Å². The van der Waals surface area contributed by atoms with E-state index in [1.807, 2.05) is 30.3 Å². The number of rotatable bonds is 11. The highest BCUT2D eigenvalue weighted by Gasteiger charge is 2.31. The highest BCUT2D eigenvalue weighted by Crippen LogP contribution is 2.39. The zero-order valence-electron chi connectivity index (χ0n) is 27.3. The summed E-state index contributed by atoms with van der Waals surface area (Å²) in [7, 11) is -4.22. The zero-order valence-corrected chi connectivity index (χ0v) is 29.6. The SMILES string of the molecule is CC(C)(C)/C=C/c1ccc(C(Cc2ccc(C(=O)NCCS(=O)(=O)O)cc2)C(=O)Nc2ccc(-c3ccc(C(F)(F)F)cc3Cl)c(Cl)c2)cc1. The average Bonchev–Trinajstić information content (AvgIpc) is 3.02. The molecule has 0 spiro atoms. The molecule has 0 saturated carbocycles. The molecule has 3 N–H and O–H groups in total. The third kappa shape index (κ3) is 11.2.